The lowest BCUT2D eigenvalue weighted by Crippen LogP contribution is -1.84. The second-order valence-electron chi connectivity index (χ2n) is 1.35. The Morgan fingerprint density at radius 2 is 2.67 bits per heavy atom. The quantitative estimate of drug-likeness (QED) is 0.382. The van der Waals surface area contributed by atoms with Crippen LogP contribution in [0.2, 0.25) is 6.04 Å². The number of rotatable bonds is 0. The molecule has 0 saturated carbocycles. The molecule has 0 atom stereocenters. The predicted molar refractivity (Wildman–Crippen MR) is 30.4 cm³/mol. The van der Waals surface area contributed by atoms with Gasteiger partial charge in [-0.15, -0.1) is 0 Å². The van der Waals surface area contributed by atoms with Crippen molar-refractivity contribution in [3.05, 3.63) is 12.2 Å². The number of hydrogen-bond acceptors (Lipinski definition) is 0. The van der Waals surface area contributed by atoms with Crippen LogP contribution in [-0.4, -0.2) is 14.8 Å². The summed E-state index contributed by atoms with van der Waals surface area (Å²) in [7, 11) is 0.638. The minimum atomic E-state index is 0.638. The average molecular weight is 95.2 g/mol. The van der Waals surface area contributed by atoms with Crippen molar-refractivity contribution in [1.82, 2.24) is 0 Å². The highest BCUT2D eigenvalue weighted by molar-refractivity contribution is 6.48. The number of hydrogen-bond donors (Lipinski definition) is 0. The van der Waals surface area contributed by atoms with Crippen LogP contribution in [0.4, 0.5) is 0 Å². The van der Waals surface area contributed by atoms with E-state index < -0.39 is 0 Å². The van der Waals surface area contributed by atoms with Gasteiger partial charge in [0.25, 0.3) is 0 Å². The molecule has 0 saturated heterocycles. The van der Waals surface area contributed by atoms with E-state index in [9.17, 15) is 0 Å². The van der Waals surface area contributed by atoms with Gasteiger partial charge in [0.15, 0.2) is 0 Å². The van der Waals surface area contributed by atoms with Crippen LogP contribution in [0.15, 0.2) is 6.08 Å². The molecule has 1 radical (unpaired) electrons. The molecule has 1 heterocycles. The highest BCUT2D eigenvalue weighted by atomic mass is 28.2. The monoisotopic (exact) mass is 95.0 g/mol. The Morgan fingerprint density at radius 1 is 1.67 bits per heavy atom. The predicted octanol–water partition coefficient (Wildman–Crippen LogP) is 0.406. The van der Waals surface area contributed by atoms with Crippen LogP contribution in [0.3, 0.4) is 0 Å². The van der Waals surface area contributed by atoms with Crippen molar-refractivity contribution < 1.29 is 0 Å². The Balaban J connectivity index is 2.46. The highest BCUT2D eigenvalue weighted by Gasteiger charge is 1.78. The molecule has 0 nitrogen and oxygen atoms in total. The van der Waals surface area contributed by atoms with Gasteiger partial charge in [0.1, 0.15) is 0 Å². The van der Waals surface area contributed by atoms with E-state index in [2.05, 4.69) is 17.8 Å². The molecule has 0 fully saturated rings. The van der Waals surface area contributed by atoms with Gasteiger partial charge in [0.05, 0.1) is 0 Å². The first-order chi connectivity index (χ1) is 3.00. The normalized spacial score (nSPS) is 18.7. The Bertz CT molecular complexity index is 69.9. The van der Waals surface area contributed by atoms with E-state index in [1.807, 2.05) is 0 Å². The van der Waals surface area contributed by atoms with Crippen molar-refractivity contribution >= 4 is 14.8 Å². The van der Waals surface area contributed by atoms with Crippen LogP contribution in [0.5, 0.6) is 0 Å². The summed E-state index contributed by atoms with van der Waals surface area (Å²) in [6.07, 6.45) is 6.45. The van der Waals surface area contributed by atoms with Gasteiger partial charge in [-0.05, 0) is 27.7 Å². The van der Waals surface area contributed by atoms with E-state index in [4.69, 9.17) is 0 Å². The van der Waals surface area contributed by atoms with Crippen molar-refractivity contribution in [2.45, 2.75) is 12.5 Å². The molecule has 0 spiro atoms. The summed E-state index contributed by atoms with van der Waals surface area (Å²) in [5.41, 5.74) is 2.17. The summed E-state index contributed by atoms with van der Waals surface area (Å²) in [5.74, 6) is 0. The fourth-order valence-corrected chi connectivity index (χ4v) is 1.28. The molecular weight excluding hydrogens is 88.1 g/mol. The maximum atomic E-state index is 3.07. The summed E-state index contributed by atoms with van der Waals surface area (Å²) in [4.78, 5) is 0. The van der Waals surface area contributed by atoms with Crippen molar-refractivity contribution in [2.24, 2.45) is 0 Å². The SMILES string of the molecule is [C]1=CCC[SiH]=C1. The van der Waals surface area contributed by atoms with E-state index in [-0.39, 0.29) is 0 Å². The van der Waals surface area contributed by atoms with E-state index in [0.717, 1.165) is 0 Å². The zero-order valence-corrected chi connectivity index (χ0v) is 4.80. The summed E-state index contributed by atoms with van der Waals surface area (Å²) in [5, 5.41) is 0. The Labute approximate surface area is 40.3 Å². The van der Waals surface area contributed by atoms with Crippen molar-refractivity contribution in [3.8, 4) is 0 Å². The van der Waals surface area contributed by atoms with Crippen LogP contribution >= 0.6 is 0 Å². The fourth-order valence-electron chi connectivity index (χ4n) is 0.482. The maximum Gasteiger partial charge on any atom is -0.00572 e. The minimum Gasteiger partial charge on any atom is -0.0777 e. The lowest BCUT2D eigenvalue weighted by molar-refractivity contribution is 1.20. The summed E-state index contributed by atoms with van der Waals surface area (Å²) >= 11 is 0. The fraction of sp³-hybridized carbons (Fsp3) is 0.400. The lowest BCUT2D eigenvalue weighted by Gasteiger charge is -1.86. The second-order valence-corrected chi connectivity index (χ2v) is 2.73. The molecular formula is C5H7Si. The first-order valence-corrected chi connectivity index (χ1v) is 3.71. The molecule has 0 unspecified atom stereocenters. The van der Waals surface area contributed by atoms with Gasteiger partial charge in [-0.25, -0.2) is 0 Å². The van der Waals surface area contributed by atoms with Gasteiger partial charge in [0, 0.05) is 0 Å². The average Bonchev–Trinajstić information content (AvgIpc) is 1.72. The van der Waals surface area contributed by atoms with E-state index in [0.29, 0.717) is 9.13 Å². The van der Waals surface area contributed by atoms with Gasteiger partial charge in [-0.3, -0.25) is 0 Å². The molecule has 0 N–H and O–H groups in total. The Hall–Kier alpha value is -0.173. The molecule has 31 valence electrons. The van der Waals surface area contributed by atoms with Gasteiger partial charge >= 0.3 is 0 Å². The summed E-state index contributed by atoms with van der Waals surface area (Å²) in [6, 6.07) is 1.41. The minimum absolute atomic E-state index is 0.638. The topological polar surface area (TPSA) is 0 Å². The molecule has 6 heavy (non-hydrogen) atoms. The third-order valence-corrected chi connectivity index (χ3v) is 1.90. The zero-order valence-electron chi connectivity index (χ0n) is 3.65. The van der Waals surface area contributed by atoms with Gasteiger partial charge < -0.3 is 0 Å². The van der Waals surface area contributed by atoms with Gasteiger partial charge in [0.2, 0.25) is 0 Å². The van der Waals surface area contributed by atoms with Crippen LogP contribution in [-0.2, 0) is 0 Å². The van der Waals surface area contributed by atoms with Crippen molar-refractivity contribution in [2.75, 3.05) is 0 Å². The molecule has 1 rings (SSSR count). The van der Waals surface area contributed by atoms with Crippen LogP contribution < -0.4 is 0 Å². The lowest BCUT2D eigenvalue weighted by atomic mass is 10.4. The van der Waals surface area contributed by atoms with Crippen LogP contribution in [0, 0.1) is 6.08 Å². The smallest absolute Gasteiger partial charge is 0.00572 e. The molecule has 1 aliphatic rings. The maximum absolute atomic E-state index is 3.07. The van der Waals surface area contributed by atoms with E-state index in [1.165, 1.54) is 12.5 Å². The molecule has 0 aliphatic carbocycles. The largest absolute Gasteiger partial charge is 0.0777 e. The molecule has 1 aliphatic heterocycles. The molecule has 0 aromatic heterocycles. The van der Waals surface area contributed by atoms with Crippen molar-refractivity contribution in [3.63, 3.8) is 0 Å². The molecule has 0 aromatic carbocycles. The molecule has 0 aromatic rings. The van der Waals surface area contributed by atoms with E-state index in [1.54, 1.807) is 0 Å². The summed E-state index contributed by atoms with van der Waals surface area (Å²) in [6.45, 7) is 0. The summed E-state index contributed by atoms with van der Waals surface area (Å²) < 4.78 is 0. The van der Waals surface area contributed by atoms with Crippen molar-refractivity contribution in [1.29, 1.82) is 0 Å². The first-order valence-electron chi connectivity index (χ1n) is 2.23. The first kappa shape index (κ1) is 4.00. The molecule has 1 heteroatoms. The highest BCUT2D eigenvalue weighted by Crippen LogP contribution is 1.88. The van der Waals surface area contributed by atoms with Crippen LogP contribution in [0.1, 0.15) is 6.42 Å². The molecule has 0 amide bonds. The Kier molecular flexibility index (Phi) is 1.39. The van der Waals surface area contributed by atoms with E-state index >= 15 is 0 Å². The third-order valence-electron chi connectivity index (χ3n) is 0.810. The van der Waals surface area contributed by atoms with Crippen LogP contribution in [0.25, 0.3) is 0 Å². The standard InChI is InChI=1S/C5H7Si/c1-2-4-6-5-3-1/h1,5-6H,2,4H2. The van der Waals surface area contributed by atoms with Gasteiger partial charge in [-0.1, -0.05) is 11.7 Å². The second kappa shape index (κ2) is 2.08. The Morgan fingerprint density at radius 3 is 2.83 bits per heavy atom. The zero-order chi connectivity index (χ0) is 4.24. The number of allylic oxidation sites excluding steroid dienone is 2. The third kappa shape index (κ3) is 0.901. The van der Waals surface area contributed by atoms with Gasteiger partial charge in [-0.2, -0.15) is 0 Å². The molecule has 0 bridgehead atoms.